The average molecular weight is 392 g/mol. The zero-order valence-corrected chi connectivity index (χ0v) is 17.5. The molecule has 2 rings (SSSR count). The van der Waals surface area contributed by atoms with Gasteiger partial charge in [0.2, 0.25) is 0 Å². The summed E-state index contributed by atoms with van der Waals surface area (Å²) < 4.78 is 0. The van der Waals surface area contributed by atoms with Crippen LogP contribution >= 0.6 is 24.8 Å². The molecule has 0 spiro atoms. The Kier molecular flexibility index (Phi) is 12.3. The quantitative estimate of drug-likeness (QED) is 0.695. The van der Waals surface area contributed by atoms with Gasteiger partial charge >= 0.3 is 0 Å². The highest BCUT2D eigenvalue weighted by Gasteiger charge is 2.24. The second-order valence-corrected chi connectivity index (χ2v) is 6.36. The third-order valence-corrected chi connectivity index (χ3v) is 4.93. The molecule has 1 heterocycles. The molecule has 0 saturated carbocycles. The maximum Gasteiger partial charge on any atom is 0.122 e. The minimum Gasteiger partial charge on any atom is -0.508 e. The number of halogens is 2. The molecule has 146 valence electrons. The minimum atomic E-state index is 0. The molecule has 0 bridgehead atoms. The van der Waals surface area contributed by atoms with Gasteiger partial charge in [-0.1, -0.05) is 25.8 Å². The van der Waals surface area contributed by atoms with Crippen LogP contribution in [-0.2, 0) is 0 Å². The number of aromatic hydroxyl groups is 1. The van der Waals surface area contributed by atoms with Crippen LogP contribution in [0.4, 0.5) is 5.69 Å². The summed E-state index contributed by atoms with van der Waals surface area (Å²) in [5, 5.41) is 14.1. The molecule has 1 aliphatic rings. The molecule has 1 aromatic rings. The Labute approximate surface area is 165 Å². The fourth-order valence-electron chi connectivity index (χ4n) is 3.53. The molecule has 1 atom stereocenters. The maximum atomic E-state index is 10.7. The highest BCUT2D eigenvalue weighted by atomic mass is 35.5. The van der Waals surface area contributed by atoms with E-state index in [-0.39, 0.29) is 24.8 Å². The van der Waals surface area contributed by atoms with Crippen molar-refractivity contribution in [2.24, 2.45) is 0 Å². The number of piperazine rings is 1. The number of hydrogen-bond donors (Lipinski definition) is 2. The monoisotopic (exact) mass is 391 g/mol. The molecule has 0 aliphatic carbocycles. The first kappa shape index (κ1) is 24.3. The normalized spacial score (nSPS) is 15.8. The van der Waals surface area contributed by atoms with E-state index < -0.39 is 0 Å². The van der Waals surface area contributed by atoms with Crippen molar-refractivity contribution in [3.63, 3.8) is 0 Å². The van der Waals surface area contributed by atoms with Gasteiger partial charge in [0.1, 0.15) is 5.75 Å². The molecular formula is C19H35Cl2N3O. The summed E-state index contributed by atoms with van der Waals surface area (Å²) in [7, 11) is 0. The molecule has 0 amide bonds. The number of phenolic OH excluding ortho intramolecular Hbond substituents is 1. The van der Waals surface area contributed by atoms with Gasteiger partial charge in [-0.05, 0) is 26.3 Å². The van der Waals surface area contributed by atoms with E-state index in [9.17, 15) is 5.11 Å². The molecule has 6 heteroatoms. The van der Waals surface area contributed by atoms with Crippen molar-refractivity contribution in [2.45, 2.75) is 46.1 Å². The van der Waals surface area contributed by atoms with Gasteiger partial charge in [0.15, 0.2) is 0 Å². The number of phenols is 1. The van der Waals surface area contributed by atoms with Crippen molar-refractivity contribution in [3.05, 3.63) is 23.8 Å². The molecule has 0 unspecified atom stereocenters. The van der Waals surface area contributed by atoms with Crippen LogP contribution in [0.2, 0.25) is 0 Å². The topological polar surface area (TPSA) is 38.7 Å². The number of nitrogens with zero attached hydrogens (tertiary/aromatic N) is 2. The summed E-state index contributed by atoms with van der Waals surface area (Å²) >= 11 is 0. The first-order chi connectivity index (χ1) is 11.2. The highest BCUT2D eigenvalue weighted by Crippen LogP contribution is 2.35. The van der Waals surface area contributed by atoms with Crippen LogP contribution in [0.15, 0.2) is 18.2 Å². The predicted octanol–water partition coefficient (Wildman–Crippen LogP) is 4.22. The van der Waals surface area contributed by atoms with E-state index >= 15 is 0 Å². The first-order valence-corrected chi connectivity index (χ1v) is 9.23. The van der Waals surface area contributed by atoms with Crippen molar-refractivity contribution < 1.29 is 5.11 Å². The molecule has 4 nitrogen and oxygen atoms in total. The Morgan fingerprint density at radius 2 is 1.76 bits per heavy atom. The zero-order chi connectivity index (χ0) is 16.7. The van der Waals surface area contributed by atoms with Gasteiger partial charge in [-0.2, -0.15) is 0 Å². The standard InChI is InChI=1S/C19H33N3O.2ClH/c1-4-7-8-18(22-13-11-20-12-14-22)17-10-9-16(15-19(17)23)21(5-2)6-3;;/h9-10,15,18,20,23H,4-8,11-14H2,1-3H3;2*1H/t18-;;/m1../s1. The van der Waals surface area contributed by atoms with Gasteiger partial charge in [0.25, 0.3) is 0 Å². The third-order valence-electron chi connectivity index (χ3n) is 4.93. The van der Waals surface area contributed by atoms with Crippen LogP contribution in [-0.4, -0.2) is 49.3 Å². The van der Waals surface area contributed by atoms with Crippen LogP contribution in [0.25, 0.3) is 0 Å². The average Bonchev–Trinajstić information content (AvgIpc) is 2.59. The van der Waals surface area contributed by atoms with E-state index in [4.69, 9.17) is 0 Å². The van der Waals surface area contributed by atoms with Crippen LogP contribution in [0.1, 0.15) is 51.6 Å². The van der Waals surface area contributed by atoms with Crippen LogP contribution in [0.5, 0.6) is 5.75 Å². The maximum absolute atomic E-state index is 10.7. The van der Waals surface area contributed by atoms with Gasteiger partial charge < -0.3 is 15.3 Å². The SMILES string of the molecule is CCCC[C@H](c1ccc(N(CC)CC)cc1O)N1CCNCC1.Cl.Cl. The fraction of sp³-hybridized carbons (Fsp3) is 0.684. The largest absolute Gasteiger partial charge is 0.508 e. The summed E-state index contributed by atoms with van der Waals surface area (Å²) in [6.07, 6.45) is 3.52. The lowest BCUT2D eigenvalue weighted by Gasteiger charge is -2.36. The molecule has 0 aromatic heterocycles. The van der Waals surface area contributed by atoms with Crippen molar-refractivity contribution in [1.29, 1.82) is 0 Å². The number of benzene rings is 1. The lowest BCUT2D eigenvalue weighted by atomic mass is 9.97. The molecule has 2 N–H and O–H groups in total. The lowest BCUT2D eigenvalue weighted by molar-refractivity contribution is 0.160. The predicted molar refractivity (Wildman–Crippen MR) is 113 cm³/mol. The summed E-state index contributed by atoms with van der Waals surface area (Å²) in [6.45, 7) is 12.7. The smallest absolute Gasteiger partial charge is 0.122 e. The zero-order valence-electron chi connectivity index (χ0n) is 15.8. The van der Waals surface area contributed by atoms with Crippen LogP contribution in [0.3, 0.4) is 0 Å². The van der Waals surface area contributed by atoms with Crippen molar-refractivity contribution in [3.8, 4) is 5.75 Å². The fourth-order valence-corrected chi connectivity index (χ4v) is 3.53. The highest BCUT2D eigenvalue weighted by molar-refractivity contribution is 5.85. The number of hydrogen-bond acceptors (Lipinski definition) is 4. The van der Waals surface area contributed by atoms with Crippen molar-refractivity contribution >= 4 is 30.5 Å². The molecule has 25 heavy (non-hydrogen) atoms. The van der Waals surface area contributed by atoms with E-state index in [0.717, 1.165) is 56.9 Å². The molecule has 0 radical (unpaired) electrons. The lowest BCUT2D eigenvalue weighted by Crippen LogP contribution is -2.45. The second kappa shape index (κ2) is 12.6. The van der Waals surface area contributed by atoms with E-state index in [0.29, 0.717) is 11.8 Å². The number of anilines is 1. The summed E-state index contributed by atoms with van der Waals surface area (Å²) in [4.78, 5) is 4.80. The molecule has 1 aromatic carbocycles. The summed E-state index contributed by atoms with van der Waals surface area (Å²) in [5.74, 6) is 0.453. The van der Waals surface area contributed by atoms with Gasteiger partial charge in [-0.3, -0.25) is 4.90 Å². The minimum absolute atomic E-state index is 0. The van der Waals surface area contributed by atoms with E-state index in [1.165, 1.54) is 12.8 Å². The molecule has 1 saturated heterocycles. The van der Waals surface area contributed by atoms with E-state index in [2.05, 4.69) is 48.0 Å². The number of nitrogens with one attached hydrogen (secondary N) is 1. The van der Waals surface area contributed by atoms with Gasteiger partial charge in [0, 0.05) is 62.6 Å². The van der Waals surface area contributed by atoms with Gasteiger partial charge in [0.05, 0.1) is 0 Å². The number of rotatable bonds is 8. The molecular weight excluding hydrogens is 357 g/mol. The Morgan fingerprint density at radius 3 is 2.28 bits per heavy atom. The Morgan fingerprint density at radius 1 is 1.12 bits per heavy atom. The van der Waals surface area contributed by atoms with Crippen molar-refractivity contribution in [2.75, 3.05) is 44.2 Å². The Hall–Kier alpha value is -0.680. The second-order valence-electron chi connectivity index (χ2n) is 6.36. The van der Waals surface area contributed by atoms with Crippen LogP contribution < -0.4 is 10.2 Å². The molecule has 1 fully saturated rings. The molecule has 1 aliphatic heterocycles. The van der Waals surface area contributed by atoms with Gasteiger partial charge in [-0.15, -0.1) is 24.8 Å². The third kappa shape index (κ3) is 6.52. The van der Waals surface area contributed by atoms with Crippen LogP contribution in [0, 0.1) is 0 Å². The van der Waals surface area contributed by atoms with Crippen molar-refractivity contribution in [1.82, 2.24) is 10.2 Å². The van der Waals surface area contributed by atoms with E-state index in [1.54, 1.807) is 0 Å². The first-order valence-electron chi connectivity index (χ1n) is 9.23. The Balaban J connectivity index is 0.00000288. The summed E-state index contributed by atoms with van der Waals surface area (Å²) in [6, 6.07) is 6.60. The van der Waals surface area contributed by atoms with Gasteiger partial charge in [-0.25, -0.2) is 0 Å². The number of unbranched alkanes of at least 4 members (excludes halogenated alkanes) is 1. The van der Waals surface area contributed by atoms with E-state index in [1.807, 2.05) is 6.07 Å². The summed E-state index contributed by atoms with van der Waals surface area (Å²) in [5.41, 5.74) is 2.21. The Bertz CT molecular complexity index is 478.